The predicted molar refractivity (Wildman–Crippen MR) is 83.2 cm³/mol. The number of fused-ring (bicyclic) bond motifs is 2. The number of rotatable bonds is 2. The first-order valence-electron chi connectivity index (χ1n) is 6.99. The molecule has 2 aliphatic rings. The SMILES string of the molecule is O=S(=O)(Oc1ccc(I)c2c1CCC21CCCC1)C(F)(F)F. The van der Waals surface area contributed by atoms with Crippen LogP contribution in [0.2, 0.25) is 0 Å². The fraction of sp³-hybridized carbons (Fsp3) is 0.571. The van der Waals surface area contributed by atoms with Gasteiger partial charge in [0, 0.05) is 9.13 Å². The first-order chi connectivity index (χ1) is 10.2. The van der Waals surface area contributed by atoms with E-state index < -0.39 is 15.6 Å². The Labute approximate surface area is 140 Å². The molecule has 1 fully saturated rings. The van der Waals surface area contributed by atoms with Gasteiger partial charge in [-0.1, -0.05) is 12.8 Å². The molecule has 3 nitrogen and oxygen atoms in total. The van der Waals surface area contributed by atoms with Crippen molar-refractivity contribution in [2.24, 2.45) is 0 Å². The van der Waals surface area contributed by atoms with Gasteiger partial charge in [0.15, 0.2) is 0 Å². The lowest BCUT2D eigenvalue weighted by molar-refractivity contribution is -0.0500. The summed E-state index contributed by atoms with van der Waals surface area (Å²) in [6.45, 7) is 0. The number of hydrogen-bond donors (Lipinski definition) is 0. The average molecular weight is 446 g/mol. The maximum absolute atomic E-state index is 12.5. The Morgan fingerprint density at radius 3 is 2.36 bits per heavy atom. The first-order valence-corrected chi connectivity index (χ1v) is 9.48. The van der Waals surface area contributed by atoms with E-state index in [4.69, 9.17) is 0 Å². The summed E-state index contributed by atoms with van der Waals surface area (Å²) in [5.74, 6) is -0.170. The summed E-state index contributed by atoms with van der Waals surface area (Å²) in [5.41, 5.74) is -3.79. The molecule has 0 amide bonds. The van der Waals surface area contributed by atoms with E-state index in [1.54, 1.807) is 6.07 Å². The van der Waals surface area contributed by atoms with E-state index >= 15 is 0 Å². The molecule has 1 spiro atoms. The van der Waals surface area contributed by atoms with E-state index in [0.29, 0.717) is 12.0 Å². The molecule has 0 aliphatic heterocycles. The molecule has 0 saturated heterocycles. The highest BCUT2D eigenvalue weighted by atomic mass is 127. The van der Waals surface area contributed by atoms with Gasteiger partial charge in [0.2, 0.25) is 0 Å². The van der Waals surface area contributed by atoms with Crippen LogP contribution in [0.25, 0.3) is 0 Å². The van der Waals surface area contributed by atoms with E-state index in [2.05, 4.69) is 26.8 Å². The van der Waals surface area contributed by atoms with Crippen LogP contribution in [0.5, 0.6) is 5.75 Å². The predicted octanol–water partition coefficient (Wildman–Crippen LogP) is 4.28. The van der Waals surface area contributed by atoms with Crippen LogP contribution in [0.1, 0.15) is 43.2 Å². The summed E-state index contributed by atoms with van der Waals surface area (Å²) in [4.78, 5) is 0. The second-order valence-corrected chi connectivity index (χ2v) is 8.57. The lowest BCUT2D eigenvalue weighted by Crippen LogP contribution is -2.28. The molecule has 22 heavy (non-hydrogen) atoms. The fourth-order valence-electron chi connectivity index (χ4n) is 3.71. The molecule has 0 unspecified atom stereocenters. The zero-order chi connectivity index (χ0) is 16.2. The summed E-state index contributed by atoms with van der Waals surface area (Å²) in [7, 11) is -5.62. The van der Waals surface area contributed by atoms with Gasteiger partial charge < -0.3 is 4.18 Å². The van der Waals surface area contributed by atoms with Crippen molar-refractivity contribution < 1.29 is 25.8 Å². The summed E-state index contributed by atoms with van der Waals surface area (Å²) >= 11 is 2.17. The normalized spacial score (nSPS) is 20.4. The van der Waals surface area contributed by atoms with Gasteiger partial charge in [-0.3, -0.25) is 0 Å². The maximum atomic E-state index is 12.5. The van der Waals surface area contributed by atoms with Gasteiger partial charge in [0.25, 0.3) is 0 Å². The van der Waals surface area contributed by atoms with Gasteiger partial charge in [0.1, 0.15) is 5.75 Å². The first kappa shape index (κ1) is 16.4. The molecule has 1 saturated carbocycles. The third-order valence-corrected chi connectivity index (χ3v) is 6.51. The highest BCUT2D eigenvalue weighted by Gasteiger charge is 2.50. The summed E-state index contributed by atoms with van der Waals surface area (Å²) in [6.07, 6.45) is 5.62. The van der Waals surface area contributed by atoms with Crippen molar-refractivity contribution in [2.75, 3.05) is 0 Å². The minimum atomic E-state index is -5.62. The van der Waals surface area contributed by atoms with Crippen molar-refractivity contribution >= 4 is 32.7 Å². The Balaban J connectivity index is 2.05. The minimum Gasteiger partial charge on any atom is -0.376 e. The average Bonchev–Trinajstić information content (AvgIpc) is 3.01. The third-order valence-electron chi connectivity index (χ3n) is 4.65. The molecule has 8 heteroatoms. The van der Waals surface area contributed by atoms with Crippen LogP contribution in [0, 0.1) is 3.57 Å². The van der Waals surface area contributed by atoms with Gasteiger partial charge in [-0.15, -0.1) is 0 Å². The lowest BCUT2D eigenvalue weighted by Gasteiger charge is -2.26. The van der Waals surface area contributed by atoms with Crippen molar-refractivity contribution in [2.45, 2.75) is 49.4 Å². The van der Waals surface area contributed by atoms with E-state index in [-0.39, 0.29) is 11.2 Å². The van der Waals surface area contributed by atoms with Crippen LogP contribution >= 0.6 is 22.6 Å². The number of hydrogen-bond acceptors (Lipinski definition) is 3. The molecule has 1 aromatic carbocycles. The molecule has 0 N–H and O–H groups in total. The van der Waals surface area contributed by atoms with Crippen LogP contribution in [-0.4, -0.2) is 13.9 Å². The van der Waals surface area contributed by atoms with Gasteiger partial charge in [-0.05, 0) is 71.4 Å². The van der Waals surface area contributed by atoms with Gasteiger partial charge in [-0.25, -0.2) is 0 Å². The Morgan fingerprint density at radius 1 is 1.14 bits per heavy atom. The molecule has 3 rings (SSSR count). The largest absolute Gasteiger partial charge is 0.534 e. The van der Waals surface area contributed by atoms with E-state index in [0.717, 1.165) is 41.2 Å². The lowest BCUT2D eigenvalue weighted by atomic mass is 9.80. The second kappa shape index (κ2) is 5.25. The monoisotopic (exact) mass is 446 g/mol. The zero-order valence-corrected chi connectivity index (χ0v) is 14.5. The summed E-state index contributed by atoms with van der Waals surface area (Å²) in [5, 5.41) is 0. The van der Waals surface area contributed by atoms with Crippen molar-refractivity contribution in [1.29, 1.82) is 0 Å². The van der Waals surface area contributed by atoms with Crippen molar-refractivity contribution in [3.63, 3.8) is 0 Å². The topological polar surface area (TPSA) is 43.4 Å². The molecule has 2 aliphatic carbocycles. The quantitative estimate of drug-likeness (QED) is 0.387. The van der Waals surface area contributed by atoms with Gasteiger partial charge in [0.05, 0.1) is 0 Å². The van der Waals surface area contributed by atoms with Gasteiger partial charge >= 0.3 is 15.6 Å². The Kier molecular flexibility index (Phi) is 3.90. The molecule has 122 valence electrons. The zero-order valence-electron chi connectivity index (χ0n) is 11.5. The van der Waals surface area contributed by atoms with Crippen LogP contribution in [0.15, 0.2) is 12.1 Å². The van der Waals surface area contributed by atoms with Crippen LogP contribution in [-0.2, 0) is 22.0 Å². The van der Waals surface area contributed by atoms with E-state index in [9.17, 15) is 21.6 Å². The molecule has 0 atom stereocenters. The van der Waals surface area contributed by atoms with Crippen LogP contribution in [0.4, 0.5) is 13.2 Å². The van der Waals surface area contributed by atoms with Crippen molar-refractivity contribution in [1.82, 2.24) is 0 Å². The molecule has 0 bridgehead atoms. The molecular formula is C14H14F3IO3S. The Hall–Kier alpha value is -0.510. The highest BCUT2D eigenvalue weighted by molar-refractivity contribution is 14.1. The summed E-state index contributed by atoms with van der Waals surface area (Å²) < 4.78 is 65.5. The molecule has 0 heterocycles. The van der Waals surface area contributed by atoms with Crippen LogP contribution < -0.4 is 4.18 Å². The standard InChI is InChI=1S/C14H14F3IO3S/c15-14(16,17)22(19,20)21-11-4-3-10(18)12-9(11)5-8-13(12)6-1-2-7-13/h3-4H,1-2,5-8H2. The molecule has 0 radical (unpaired) electrons. The third kappa shape index (κ3) is 2.51. The van der Waals surface area contributed by atoms with E-state index in [1.165, 1.54) is 6.07 Å². The van der Waals surface area contributed by atoms with Crippen LogP contribution in [0.3, 0.4) is 0 Å². The Morgan fingerprint density at radius 2 is 1.77 bits per heavy atom. The number of halogens is 4. The Bertz CT molecular complexity index is 707. The second-order valence-electron chi connectivity index (χ2n) is 5.87. The molecular weight excluding hydrogens is 432 g/mol. The summed E-state index contributed by atoms with van der Waals surface area (Å²) in [6, 6.07) is 2.98. The fourth-order valence-corrected chi connectivity index (χ4v) is 5.27. The maximum Gasteiger partial charge on any atom is 0.534 e. The number of alkyl halides is 3. The van der Waals surface area contributed by atoms with E-state index in [1.807, 2.05) is 0 Å². The van der Waals surface area contributed by atoms with Crippen molar-refractivity contribution in [3.05, 3.63) is 26.8 Å². The molecule has 0 aromatic heterocycles. The number of benzene rings is 1. The van der Waals surface area contributed by atoms with Crippen molar-refractivity contribution in [3.8, 4) is 5.75 Å². The highest BCUT2D eigenvalue weighted by Crippen LogP contribution is 2.53. The molecule has 1 aromatic rings. The smallest absolute Gasteiger partial charge is 0.376 e. The minimum absolute atomic E-state index is 0.00673. The van der Waals surface area contributed by atoms with Gasteiger partial charge in [-0.2, -0.15) is 21.6 Å².